The van der Waals surface area contributed by atoms with Crippen LogP contribution in [-0.4, -0.2) is 52.7 Å². The van der Waals surface area contributed by atoms with E-state index in [1.54, 1.807) is 0 Å². The second-order valence-electron chi connectivity index (χ2n) is 5.10. The Morgan fingerprint density at radius 2 is 2.39 bits per heavy atom. The van der Waals surface area contributed by atoms with Gasteiger partial charge in [0.25, 0.3) is 0 Å². The number of thioether (sulfide) groups is 1. The van der Waals surface area contributed by atoms with Gasteiger partial charge in [0.15, 0.2) is 5.82 Å². The molecular weight excluding hydrogens is 248 g/mol. The standard InChI is InChI=1S/C12H20N4OS/c1-16-6-7-18-8-10(16)12-14-11(17-15-12)4-5-13-9-2-3-9/h9-10,13H,2-8H2,1H3. The maximum absolute atomic E-state index is 5.33. The van der Waals surface area contributed by atoms with Crippen LogP contribution in [0.5, 0.6) is 0 Å². The van der Waals surface area contributed by atoms with Gasteiger partial charge in [-0.05, 0) is 19.9 Å². The zero-order valence-electron chi connectivity index (χ0n) is 10.8. The highest BCUT2D eigenvalue weighted by Gasteiger charge is 2.26. The average Bonchev–Trinajstić information content (AvgIpc) is 3.08. The van der Waals surface area contributed by atoms with Crippen molar-refractivity contribution in [3.63, 3.8) is 0 Å². The molecule has 6 heteroatoms. The molecule has 3 rings (SSSR count). The Kier molecular flexibility index (Phi) is 3.86. The van der Waals surface area contributed by atoms with Crippen LogP contribution in [0.15, 0.2) is 4.52 Å². The molecule has 18 heavy (non-hydrogen) atoms. The Bertz CT molecular complexity index is 393. The summed E-state index contributed by atoms with van der Waals surface area (Å²) in [6.07, 6.45) is 3.48. The topological polar surface area (TPSA) is 54.2 Å². The van der Waals surface area contributed by atoms with Crippen LogP contribution in [-0.2, 0) is 6.42 Å². The third kappa shape index (κ3) is 3.05. The molecule has 1 saturated carbocycles. The molecule has 1 saturated heterocycles. The number of nitrogens with zero attached hydrogens (tertiary/aromatic N) is 3. The molecule has 0 radical (unpaired) electrons. The highest BCUT2D eigenvalue weighted by atomic mass is 32.2. The van der Waals surface area contributed by atoms with Gasteiger partial charge in [-0.1, -0.05) is 5.16 Å². The van der Waals surface area contributed by atoms with Crippen LogP contribution in [0.25, 0.3) is 0 Å². The van der Waals surface area contributed by atoms with Gasteiger partial charge in [0.2, 0.25) is 5.89 Å². The minimum Gasteiger partial charge on any atom is -0.339 e. The summed E-state index contributed by atoms with van der Waals surface area (Å²) in [6, 6.07) is 1.06. The quantitative estimate of drug-likeness (QED) is 0.862. The second-order valence-corrected chi connectivity index (χ2v) is 6.25. The Morgan fingerprint density at radius 3 is 3.17 bits per heavy atom. The number of aromatic nitrogens is 2. The van der Waals surface area contributed by atoms with Gasteiger partial charge in [-0.25, -0.2) is 0 Å². The summed E-state index contributed by atoms with van der Waals surface area (Å²) >= 11 is 1.97. The van der Waals surface area contributed by atoms with Gasteiger partial charge in [-0.3, -0.25) is 4.90 Å². The first kappa shape index (κ1) is 12.4. The lowest BCUT2D eigenvalue weighted by molar-refractivity contribution is 0.256. The van der Waals surface area contributed by atoms with Crippen molar-refractivity contribution in [3.05, 3.63) is 11.7 Å². The number of hydrogen-bond donors (Lipinski definition) is 1. The normalized spacial score (nSPS) is 25.5. The summed E-state index contributed by atoms with van der Waals surface area (Å²) in [4.78, 5) is 6.84. The van der Waals surface area contributed by atoms with E-state index in [1.807, 2.05) is 11.8 Å². The van der Waals surface area contributed by atoms with Gasteiger partial charge in [0, 0.05) is 37.1 Å². The van der Waals surface area contributed by atoms with E-state index in [0.717, 1.165) is 43.0 Å². The minimum atomic E-state index is 0.317. The predicted molar refractivity (Wildman–Crippen MR) is 71.7 cm³/mol. The Hall–Kier alpha value is -0.590. The van der Waals surface area contributed by atoms with Gasteiger partial charge in [0.05, 0.1) is 6.04 Å². The largest absolute Gasteiger partial charge is 0.339 e. The van der Waals surface area contributed by atoms with Crippen LogP contribution in [0, 0.1) is 0 Å². The monoisotopic (exact) mass is 268 g/mol. The van der Waals surface area contributed by atoms with E-state index in [0.29, 0.717) is 6.04 Å². The summed E-state index contributed by atoms with van der Waals surface area (Å²) in [5.74, 6) is 3.88. The molecule has 2 heterocycles. The van der Waals surface area contributed by atoms with E-state index < -0.39 is 0 Å². The molecule has 2 aliphatic rings. The molecule has 2 fully saturated rings. The molecule has 1 aliphatic carbocycles. The smallest absolute Gasteiger partial charge is 0.227 e. The van der Waals surface area contributed by atoms with Crippen LogP contribution in [0.3, 0.4) is 0 Å². The summed E-state index contributed by atoms with van der Waals surface area (Å²) in [7, 11) is 2.13. The average molecular weight is 268 g/mol. The minimum absolute atomic E-state index is 0.317. The molecule has 0 spiro atoms. The molecule has 1 unspecified atom stereocenters. The van der Waals surface area contributed by atoms with Crippen LogP contribution in [0.2, 0.25) is 0 Å². The first-order valence-corrected chi connectivity index (χ1v) is 7.82. The van der Waals surface area contributed by atoms with Crippen molar-refractivity contribution in [3.8, 4) is 0 Å². The lowest BCUT2D eigenvalue weighted by Crippen LogP contribution is -2.33. The van der Waals surface area contributed by atoms with Gasteiger partial charge in [-0.15, -0.1) is 0 Å². The highest BCUT2D eigenvalue weighted by Crippen LogP contribution is 2.26. The fourth-order valence-corrected chi connectivity index (χ4v) is 3.34. The van der Waals surface area contributed by atoms with E-state index in [1.165, 1.54) is 18.6 Å². The Balaban J connectivity index is 1.54. The van der Waals surface area contributed by atoms with Gasteiger partial charge in [0.1, 0.15) is 0 Å². The number of nitrogens with one attached hydrogen (secondary N) is 1. The molecular formula is C12H20N4OS. The Labute approximate surface area is 112 Å². The lowest BCUT2D eigenvalue weighted by atomic mass is 10.3. The van der Waals surface area contributed by atoms with E-state index in [9.17, 15) is 0 Å². The van der Waals surface area contributed by atoms with Crippen molar-refractivity contribution in [1.29, 1.82) is 0 Å². The van der Waals surface area contributed by atoms with Crippen LogP contribution >= 0.6 is 11.8 Å². The second kappa shape index (κ2) is 5.59. The van der Waals surface area contributed by atoms with E-state index >= 15 is 0 Å². The first-order chi connectivity index (χ1) is 8.83. The molecule has 100 valence electrons. The van der Waals surface area contributed by atoms with Crippen LogP contribution in [0.4, 0.5) is 0 Å². The zero-order chi connectivity index (χ0) is 12.4. The number of hydrogen-bond acceptors (Lipinski definition) is 6. The van der Waals surface area contributed by atoms with Crippen molar-refractivity contribution < 1.29 is 4.52 Å². The van der Waals surface area contributed by atoms with Crippen molar-refractivity contribution in [2.24, 2.45) is 0 Å². The molecule has 1 atom stereocenters. The van der Waals surface area contributed by atoms with Crippen molar-refractivity contribution >= 4 is 11.8 Å². The summed E-state index contributed by atoms with van der Waals surface area (Å²) in [5, 5.41) is 7.60. The number of rotatable bonds is 5. The van der Waals surface area contributed by atoms with E-state index in [-0.39, 0.29) is 0 Å². The predicted octanol–water partition coefficient (Wildman–Crippen LogP) is 1.08. The molecule has 1 aromatic heterocycles. The third-order valence-electron chi connectivity index (χ3n) is 3.53. The summed E-state index contributed by atoms with van der Waals surface area (Å²) in [6.45, 7) is 2.05. The van der Waals surface area contributed by atoms with E-state index in [4.69, 9.17) is 4.52 Å². The molecule has 1 aromatic rings. The van der Waals surface area contributed by atoms with Gasteiger partial charge >= 0.3 is 0 Å². The maximum Gasteiger partial charge on any atom is 0.227 e. The van der Waals surface area contributed by atoms with E-state index in [2.05, 4.69) is 27.4 Å². The molecule has 1 aliphatic heterocycles. The van der Waals surface area contributed by atoms with Crippen molar-refractivity contribution in [2.75, 3.05) is 31.6 Å². The molecule has 0 aromatic carbocycles. The zero-order valence-corrected chi connectivity index (χ0v) is 11.6. The van der Waals surface area contributed by atoms with Gasteiger partial charge < -0.3 is 9.84 Å². The van der Waals surface area contributed by atoms with Crippen molar-refractivity contribution in [2.45, 2.75) is 31.3 Å². The first-order valence-electron chi connectivity index (χ1n) is 6.67. The van der Waals surface area contributed by atoms with Gasteiger partial charge in [-0.2, -0.15) is 16.7 Å². The van der Waals surface area contributed by atoms with Crippen LogP contribution < -0.4 is 5.32 Å². The SMILES string of the molecule is CN1CCSCC1c1noc(CCNC2CC2)n1. The Morgan fingerprint density at radius 1 is 1.50 bits per heavy atom. The molecule has 1 N–H and O–H groups in total. The maximum atomic E-state index is 5.33. The fraction of sp³-hybridized carbons (Fsp3) is 0.833. The lowest BCUT2D eigenvalue weighted by Gasteiger charge is -2.29. The highest BCUT2D eigenvalue weighted by molar-refractivity contribution is 7.99. The molecule has 0 amide bonds. The third-order valence-corrected chi connectivity index (χ3v) is 4.55. The van der Waals surface area contributed by atoms with Crippen molar-refractivity contribution in [1.82, 2.24) is 20.4 Å². The van der Waals surface area contributed by atoms with Crippen LogP contribution in [0.1, 0.15) is 30.6 Å². The molecule has 5 nitrogen and oxygen atoms in total. The molecule has 0 bridgehead atoms. The summed E-state index contributed by atoms with van der Waals surface area (Å²) in [5.41, 5.74) is 0. The fourth-order valence-electron chi connectivity index (χ4n) is 2.13. The summed E-state index contributed by atoms with van der Waals surface area (Å²) < 4.78 is 5.33.